The summed E-state index contributed by atoms with van der Waals surface area (Å²) in [5.74, 6) is 0.154. The van der Waals surface area contributed by atoms with Crippen molar-refractivity contribution in [3.8, 4) is 0 Å². The van der Waals surface area contributed by atoms with Crippen LogP contribution in [-0.2, 0) is 17.8 Å². The molecular weight excluding hydrogens is 340 g/mol. The van der Waals surface area contributed by atoms with Crippen LogP contribution in [0.4, 0.5) is 0 Å². The summed E-state index contributed by atoms with van der Waals surface area (Å²) in [5, 5.41) is 7.82. The Morgan fingerprint density at radius 3 is 2.88 bits per heavy atom. The summed E-state index contributed by atoms with van der Waals surface area (Å²) in [7, 11) is 0. The zero-order chi connectivity index (χ0) is 16.1. The maximum absolute atomic E-state index is 12.4. The number of unbranched alkanes of at least 4 members (excludes halogenated alkanes) is 4. The number of thiophene rings is 1. The fourth-order valence-corrected chi connectivity index (χ4v) is 4.44. The van der Waals surface area contributed by atoms with Gasteiger partial charge in [-0.15, -0.1) is 23.7 Å². The zero-order valence-electron chi connectivity index (χ0n) is 14.3. The molecule has 1 atom stereocenters. The van der Waals surface area contributed by atoms with Crippen molar-refractivity contribution in [2.45, 2.75) is 58.0 Å². The average Bonchev–Trinajstić information content (AvgIpc) is 2.95. The minimum atomic E-state index is -0.0869. The molecular formula is C19H27ClN2OS. The van der Waals surface area contributed by atoms with Crippen LogP contribution in [0.15, 0.2) is 24.3 Å². The van der Waals surface area contributed by atoms with Crippen LogP contribution in [0.3, 0.4) is 0 Å². The average molecular weight is 367 g/mol. The van der Waals surface area contributed by atoms with Gasteiger partial charge in [-0.2, -0.15) is 0 Å². The molecule has 0 saturated carbocycles. The molecule has 0 aliphatic carbocycles. The van der Waals surface area contributed by atoms with Gasteiger partial charge in [0.05, 0.1) is 6.04 Å². The van der Waals surface area contributed by atoms with Crippen molar-refractivity contribution in [3.63, 3.8) is 0 Å². The zero-order valence-corrected chi connectivity index (χ0v) is 15.9. The van der Waals surface area contributed by atoms with E-state index in [1.54, 1.807) is 0 Å². The van der Waals surface area contributed by atoms with Gasteiger partial charge in [0.1, 0.15) is 0 Å². The number of halogens is 1. The Hall–Kier alpha value is -1.10. The standard InChI is InChI=1S/C19H26N2OS.ClH/c1-2-3-4-5-8-11-20-19(22)16-12-15-14-9-6-7-10-17(14)23-18(15)13-21-16;/h6-7,9-10,16,21H,2-5,8,11-13H2,1H3,(H,20,22);1H/t16-;/m1./s1. The van der Waals surface area contributed by atoms with Crippen molar-refractivity contribution >= 4 is 39.7 Å². The highest BCUT2D eigenvalue weighted by atomic mass is 35.5. The predicted molar refractivity (Wildman–Crippen MR) is 105 cm³/mol. The molecule has 1 aliphatic heterocycles. The smallest absolute Gasteiger partial charge is 0.237 e. The first-order valence-electron chi connectivity index (χ1n) is 8.80. The molecule has 1 aromatic carbocycles. The summed E-state index contributed by atoms with van der Waals surface area (Å²) < 4.78 is 1.33. The second-order valence-corrected chi connectivity index (χ2v) is 7.48. The first kappa shape index (κ1) is 19.2. The second kappa shape index (κ2) is 9.40. The molecule has 3 rings (SSSR count). The Labute approximate surface area is 154 Å². The number of carbonyl (C=O) groups is 1. The summed E-state index contributed by atoms with van der Waals surface area (Å²) in [4.78, 5) is 13.8. The number of carbonyl (C=O) groups excluding carboxylic acids is 1. The molecule has 0 radical (unpaired) electrons. The van der Waals surface area contributed by atoms with Crippen LogP contribution < -0.4 is 10.6 Å². The van der Waals surface area contributed by atoms with Gasteiger partial charge in [0.25, 0.3) is 0 Å². The van der Waals surface area contributed by atoms with Crippen LogP contribution in [0.1, 0.15) is 49.5 Å². The number of fused-ring (bicyclic) bond motifs is 3. The molecule has 0 fully saturated rings. The lowest BCUT2D eigenvalue weighted by molar-refractivity contribution is -0.123. The molecule has 2 N–H and O–H groups in total. The van der Waals surface area contributed by atoms with E-state index in [-0.39, 0.29) is 24.4 Å². The van der Waals surface area contributed by atoms with Gasteiger partial charge in [0.2, 0.25) is 5.91 Å². The maximum atomic E-state index is 12.4. The summed E-state index contributed by atoms with van der Waals surface area (Å²) in [6, 6.07) is 8.43. The van der Waals surface area contributed by atoms with Gasteiger partial charge in [0, 0.05) is 22.7 Å². The Morgan fingerprint density at radius 2 is 2.04 bits per heavy atom. The third-order valence-electron chi connectivity index (χ3n) is 4.60. The SMILES string of the molecule is CCCCCCCNC(=O)[C@H]1Cc2c(sc3ccccc23)CN1.Cl. The highest BCUT2D eigenvalue weighted by Crippen LogP contribution is 2.34. The van der Waals surface area contributed by atoms with Crippen molar-refractivity contribution < 1.29 is 4.79 Å². The fraction of sp³-hybridized carbons (Fsp3) is 0.526. The summed E-state index contributed by atoms with van der Waals surface area (Å²) in [5.41, 5.74) is 1.37. The first-order chi connectivity index (χ1) is 11.3. The molecule has 1 aromatic heterocycles. The van der Waals surface area contributed by atoms with Crippen LogP contribution in [0.5, 0.6) is 0 Å². The van der Waals surface area contributed by atoms with E-state index in [1.807, 2.05) is 11.3 Å². The molecule has 132 valence electrons. The van der Waals surface area contributed by atoms with E-state index in [1.165, 1.54) is 46.2 Å². The molecule has 2 aromatic rings. The predicted octanol–water partition coefficient (Wildman–Crippen LogP) is 4.42. The van der Waals surface area contributed by atoms with Crippen LogP contribution >= 0.6 is 23.7 Å². The number of benzene rings is 1. The monoisotopic (exact) mass is 366 g/mol. The molecule has 1 amide bonds. The molecule has 2 heterocycles. The van der Waals surface area contributed by atoms with Gasteiger partial charge in [-0.05, 0) is 29.9 Å². The number of nitrogens with one attached hydrogen (secondary N) is 2. The van der Waals surface area contributed by atoms with Crippen molar-refractivity contribution in [2.75, 3.05) is 6.54 Å². The molecule has 1 aliphatic rings. The number of hydrogen-bond acceptors (Lipinski definition) is 3. The van der Waals surface area contributed by atoms with E-state index in [9.17, 15) is 4.79 Å². The minimum Gasteiger partial charge on any atom is -0.355 e. The number of rotatable bonds is 7. The summed E-state index contributed by atoms with van der Waals surface area (Å²) in [6.07, 6.45) is 6.94. The van der Waals surface area contributed by atoms with Crippen molar-refractivity contribution in [3.05, 3.63) is 34.7 Å². The van der Waals surface area contributed by atoms with Gasteiger partial charge < -0.3 is 10.6 Å². The van der Waals surface area contributed by atoms with Crippen LogP contribution in [0, 0.1) is 0 Å². The van der Waals surface area contributed by atoms with Crippen molar-refractivity contribution in [2.24, 2.45) is 0 Å². The van der Waals surface area contributed by atoms with E-state index in [4.69, 9.17) is 0 Å². The van der Waals surface area contributed by atoms with E-state index in [0.29, 0.717) is 0 Å². The van der Waals surface area contributed by atoms with E-state index in [0.717, 1.165) is 25.9 Å². The lowest BCUT2D eigenvalue weighted by atomic mass is 9.98. The quantitative estimate of drug-likeness (QED) is 0.712. The van der Waals surface area contributed by atoms with Gasteiger partial charge in [-0.25, -0.2) is 0 Å². The van der Waals surface area contributed by atoms with Gasteiger partial charge in [0.15, 0.2) is 0 Å². The maximum Gasteiger partial charge on any atom is 0.237 e. The Morgan fingerprint density at radius 1 is 1.25 bits per heavy atom. The topological polar surface area (TPSA) is 41.1 Å². The molecule has 0 spiro atoms. The van der Waals surface area contributed by atoms with Crippen molar-refractivity contribution in [1.29, 1.82) is 0 Å². The Bertz CT molecular complexity index is 670. The molecule has 0 unspecified atom stereocenters. The molecule has 0 saturated heterocycles. The van der Waals surface area contributed by atoms with Crippen LogP contribution in [0.2, 0.25) is 0 Å². The molecule has 5 heteroatoms. The molecule has 3 nitrogen and oxygen atoms in total. The van der Waals surface area contributed by atoms with E-state index < -0.39 is 0 Å². The Balaban J connectivity index is 0.00000208. The number of hydrogen-bond donors (Lipinski definition) is 2. The van der Waals surface area contributed by atoms with Gasteiger partial charge in [-0.1, -0.05) is 50.8 Å². The van der Waals surface area contributed by atoms with Crippen molar-refractivity contribution in [1.82, 2.24) is 10.6 Å². The van der Waals surface area contributed by atoms with E-state index in [2.05, 4.69) is 41.8 Å². The normalized spacial score (nSPS) is 16.5. The third-order valence-corrected chi connectivity index (χ3v) is 5.81. The van der Waals surface area contributed by atoms with Gasteiger partial charge >= 0.3 is 0 Å². The summed E-state index contributed by atoms with van der Waals surface area (Å²) in [6.45, 7) is 3.83. The largest absolute Gasteiger partial charge is 0.355 e. The molecule has 24 heavy (non-hydrogen) atoms. The first-order valence-corrected chi connectivity index (χ1v) is 9.61. The highest BCUT2D eigenvalue weighted by molar-refractivity contribution is 7.19. The lowest BCUT2D eigenvalue weighted by Gasteiger charge is -2.23. The lowest BCUT2D eigenvalue weighted by Crippen LogP contribution is -2.47. The second-order valence-electron chi connectivity index (χ2n) is 6.34. The summed E-state index contributed by atoms with van der Waals surface area (Å²) >= 11 is 1.85. The van der Waals surface area contributed by atoms with Gasteiger partial charge in [-0.3, -0.25) is 4.79 Å². The highest BCUT2D eigenvalue weighted by Gasteiger charge is 2.26. The number of amides is 1. The van der Waals surface area contributed by atoms with E-state index >= 15 is 0 Å². The fourth-order valence-electron chi connectivity index (χ4n) is 3.26. The minimum absolute atomic E-state index is 0. The van der Waals surface area contributed by atoms with Crippen LogP contribution in [0.25, 0.3) is 10.1 Å². The molecule has 0 bridgehead atoms. The Kier molecular flexibility index (Phi) is 7.53. The third kappa shape index (κ3) is 4.50. The van der Waals surface area contributed by atoms with Crippen LogP contribution in [-0.4, -0.2) is 18.5 Å².